The summed E-state index contributed by atoms with van der Waals surface area (Å²) in [5.41, 5.74) is 0. The second-order valence-electron chi connectivity index (χ2n) is 4.11. The maximum absolute atomic E-state index is 4.18. The molecule has 0 amide bonds. The molecule has 9 heteroatoms. The first kappa shape index (κ1) is 18.4. The summed E-state index contributed by atoms with van der Waals surface area (Å²) in [6, 6.07) is 4.20. The van der Waals surface area contributed by atoms with Gasteiger partial charge in [-0.25, -0.2) is 4.98 Å². The number of hydrogen-bond donors (Lipinski definition) is 2. The van der Waals surface area contributed by atoms with Crippen LogP contribution in [-0.2, 0) is 20.0 Å². The smallest absolute Gasteiger partial charge is 0.191 e. The topological polar surface area (TPSA) is 67.1 Å². The highest BCUT2D eigenvalue weighted by Gasteiger charge is 2.03. The number of hydrogen-bond acceptors (Lipinski definition) is 4. The van der Waals surface area contributed by atoms with Gasteiger partial charge in [-0.05, 0) is 34.5 Å². The summed E-state index contributed by atoms with van der Waals surface area (Å²) in [6.45, 7) is 1.44. The van der Waals surface area contributed by atoms with Crippen LogP contribution in [0.5, 0.6) is 0 Å². The molecule has 21 heavy (non-hydrogen) atoms. The summed E-state index contributed by atoms with van der Waals surface area (Å²) < 4.78 is 2.90. The van der Waals surface area contributed by atoms with E-state index in [0.29, 0.717) is 6.54 Å². The van der Waals surface area contributed by atoms with E-state index >= 15 is 0 Å². The Hall–Kier alpha value is -0.680. The first-order chi connectivity index (χ1) is 9.69. The largest absolute Gasteiger partial charge is 0.356 e. The molecule has 0 atom stereocenters. The molecule has 2 aromatic rings. The van der Waals surface area contributed by atoms with Gasteiger partial charge in [0, 0.05) is 25.5 Å². The molecule has 0 bridgehead atoms. The van der Waals surface area contributed by atoms with Gasteiger partial charge in [-0.3, -0.25) is 9.67 Å². The molecule has 0 unspecified atom stereocenters. The molecule has 116 valence electrons. The molecule has 0 aliphatic rings. The Bertz CT molecular complexity index is 582. The van der Waals surface area contributed by atoms with Gasteiger partial charge in [-0.2, -0.15) is 5.10 Å². The van der Waals surface area contributed by atoms with Crippen LogP contribution in [0.15, 0.2) is 27.2 Å². The fourth-order valence-corrected chi connectivity index (χ4v) is 3.14. The maximum atomic E-state index is 4.18. The number of guanidine groups is 1. The fraction of sp³-hybridized carbons (Fsp3) is 0.417. The Morgan fingerprint density at radius 1 is 1.43 bits per heavy atom. The second kappa shape index (κ2) is 9.36. The maximum Gasteiger partial charge on any atom is 0.191 e. The minimum absolute atomic E-state index is 0. The van der Waals surface area contributed by atoms with Gasteiger partial charge in [0.25, 0.3) is 0 Å². The van der Waals surface area contributed by atoms with Crippen molar-refractivity contribution in [1.29, 1.82) is 0 Å². The van der Waals surface area contributed by atoms with E-state index in [9.17, 15) is 0 Å². The van der Waals surface area contributed by atoms with Crippen molar-refractivity contribution >= 4 is 57.2 Å². The van der Waals surface area contributed by atoms with Crippen LogP contribution in [0.4, 0.5) is 0 Å². The lowest BCUT2D eigenvalue weighted by molar-refractivity contribution is 0.672. The van der Waals surface area contributed by atoms with Crippen LogP contribution in [0.2, 0.25) is 0 Å². The second-order valence-corrected chi connectivity index (χ2v) is 6.66. The predicted octanol–water partition coefficient (Wildman–Crippen LogP) is 2.16. The van der Waals surface area contributed by atoms with Crippen molar-refractivity contribution in [3.8, 4) is 0 Å². The Kier molecular flexibility index (Phi) is 8.19. The number of nitrogens with one attached hydrogen (secondary N) is 2. The van der Waals surface area contributed by atoms with Crippen LogP contribution in [0.25, 0.3) is 0 Å². The summed E-state index contributed by atoms with van der Waals surface area (Å²) in [7, 11) is 3.63. The van der Waals surface area contributed by atoms with Gasteiger partial charge in [0.2, 0.25) is 0 Å². The number of aryl methyl sites for hydroxylation is 1. The van der Waals surface area contributed by atoms with Crippen molar-refractivity contribution in [2.24, 2.45) is 12.0 Å². The number of aromatic nitrogens is 3. The predicted molar refractivity (Wildman–Crippen MR) is 100 cm³/mol. The molecule has 2 aromatic heterocycles. The van der Waals surface area contributed by atoms with Crippen molar-refractivity contribution in [3.63, 3.8) is 0 Å². The SMILES string of the molecule is CN=C(NCCc1ccc(Br)s1)NCc1ncnn1C.I. The molecular formula is C12H18BrIN6S. The lowest BCUT2D eigenvalue weighted by Crippen LogP contribution is -2.38. The molecule has 6 nitrogen and oxygen atoms in total. The van der Waals surface area contributed by atoms with Gasteiger partial charge in [0.05, 0.1) is 10.3 Å². The quantitative estimate of drug-likeness (QED) is 0.387. The molecule has 0 aliphatic heterocycles. The number of nitrogens with zero attached hydrogens (tertiary/aromatic N) is 4. The van der Waals surface area contributed by atoms with E-state index in [4.69, 9.17) is 0 Å². The molecule has 2 heterocycles. The first-order valence-corrected chi connectivity index (χ1v) is 7.81. The number of aliphatic imine (C=N–C) groups is 1. The average molecular weight is 485 g/mol. The summed E-state index contributed by atoms with van der Waals surface area (Å²) in [6.07, 6.45) is 2.52. The summed E-state index contributed by atoms with van der Waals surface area (Å²) in [4.78, 5) is 9.68. The van der Waals surface area contributed by atoms with Crippen molar-refractivity contribution in [2.75, 3.05) is 13.6 Å². The minimum Gasteiger partial charge on any atom is -0.356 e. The van der Waals surface area contributed by atoms with Gasteiger partial charge in [0.15, 0.2) is 5.96 Å². The third kappa shape index (κ3) is 5.91. The molecular weight excluding hydrogens is 467 g/mol. The average Bonchev–Trinajstić information content (AvgIpc) is 3.03. The van der Waals surface area contributed by atoms with E-state index in [2.05, 4.69) is 53.8 Å². The molecule has 0 saturated carbocycles. The molecule has 0 spiro atoms. The van der Waals surface area contributed by atoms with Gasteiger partial charge in [-0.1, -0.05) is 0 Å². The molecule has 2 N–H and O–H groups in total. The number of halogens is 2. The van der Waals surface area contributed by atoms with E-state index in [1.165, 1.54) is 4.88 Å². The first-order valence-electron chi connectivity index (χ1n) is 6.20. The van der Waals surface area contributed by atoms with Crippen LogP contribution in [-0.4, -0.2) is 34.3 Å². The lowest BCUT2D eigenvalue weighted by atomic mass is 10.3. The summed E-state index contributed by atoms with van der Waals surface area (Å²) in [5.74, 6) is 1.64. The van der Waals surface area contributed by atoms with Crippen LogP contribution in [0, 0.1) is 0 Å². The van der Waals surface area contributed by atoms with Crippen LogP contribution < -0.4 is 10.6 Å². The highest BCUT2D eigenvalue weighted by molar-refractivity contribution is 14.0. The summed E-state index contributed by atoms with van der Waals surface area (Å²) >= 11 is 5.22. The van der Waals surface area contributed by atoms with Crippen molar-refractivity contribution in [2.45, 2.75) is 13.0 Å². The number of rotatable bonds is 5. The number of thiophene rings is 1. The monoisotopic (exact) mass is 484 g/mol. The van der Waals surface area contributed by atoms with Gasteiger partial charge < -0.3 is 10.6 Å². The standard InChI is InChI=1S/C12H17BrN6S.HI/c1-14-12(16-7-11-17-8-18-19(11)2)15-6-5-9-3-4-10(13)20-9;/h3-4,8H,5-7H2,1-2H3,(H2,14,15,16);1H. The van der Waals surface area contributed by atoms with Crippen molar-refractivity contribution in [3.05, 3.63) is 32.9 Å². The lowest BCUT2D eigenvalue weighted by Gasteiger charge is -2.10. The summed E-state index contributed by atoms with van der Waals surface area (Å²) in [5, 5.41) is 10.5. The highest BCUT2D eigenvalue weighted by Crippen LogP contribution is 2.21. The Morgan fingerprint density at radius 2 is 2.24 bits per heavy atom. The highest BCUT2D eigenvalue weighted by atomic mass is 127. The normalized spacial score (nSPS) is 11.1. The molecule has 0 saturated heterocycles. The zero-order valence-corrected chi connectivity index (χ0v) is 16.6. The Labute approximate surface area is 153 Å². The van der Waals surface area contributed by atoms with Crippen LogP contribution >= 0.6 is 51.2 Å². The van der Waals surface area contributed by atoms with E-state index in [0.717, 1.165) is 28.5 Å². The Morgan fingerprint density at radius 3 is 2.81 bits per heavy atom. The molecule has 0 aromatic carbocycles. The van der Waals surface area contributed by atoms with E-state index in [1.807, 2.05) is 7.05 Å². The minimum atomic E-state index is 0. The van der Waals surface area contributed by atoms with Crippen LogP contribution in [0.1, 0.15) is 10.7 Å². The third-order valence-electron chi connectivity index (χ3n) is 2.74. The van der Waals surface area contributed by atoms with Crippen molar-refractivity contribution in [1.82, 2.24) is 25.4 Å². The van der Waals surface area contributed by atoms with E-state index in [-0.39, 0.29) is 24.0 Å². The van der Waals surface area contributed by atoms with Crippen molar-refractivity contribution < 1.29 is 0 Å². The van der Waals surface area contributed by atoms with Crippen LogP contribution in [0.3, 0.4) is 0 Å². The third-order valence-corrected chi connectivity index (χ3v) is 4.42. The molecule has 0 aliphatic carbocycles. The van der Waals surface area contributed by atoms with Gasteiger partial charge in [-0.15, -0.1) is 35.3 Å². The van der Waals surface area contributed by atoms with E-state index in [1.54, 1.807) is 29.4 Å². The zero-order chi connectivity index (χ0) is 14.4. The Balaban J connectivity index is 0.00000220. The molecule has 2 rings (SSSR count). The zero-order valence-electron chi connectivity index (χ0n) is 11.8. The van der Waals surface area contributed by atoms with Gasteiger partial charge >= 0.3 is 0 Å². The van der Waals surface area contributed by atoms with Gasteiger partial charge in [0.1, 0.15) is 12.2 Å². The molecule has 0 fully saturated rings. The fourth-order valence-electron chi connectivity index (χ4n) is 1.65. The molecule has 0 radical (unpaired) electrons. The van der Waals surface area contributed by atoms with E-state index < -0.39 is 0 Å².